The van der Waals surface area contributed by atoms with Crippen molar-refractivity contribution >= 4 is 49.4 Å². The summed E-state index contributed by atoms with van der Waals surface area (Å²) in [6.07, 6.45) is 0. The molecule has 0 amide bonds. The molecule has 7 aromatic carbocycles. The Kier molecular flexibility index (Phi) is 5.70. The predicted octanol–water partition coefficient (Wildman–Crippen LogP) is 11.5. The topological polar surface area (TPSA) is 21.3 Å². The van der Waals surface area contributed by atoms with Crippen LogP contribution >= 0.6 is 0 Å². The maximum Gasteiger partial charge on any atom is 0.135 e. The van der Waals surface area contributed by atoms with Gasteiger partial charge in [-0.3, -0.25) is 0 Å². The molecular weight excluding hydrogens is 572 g/mol. The molecule has 1 aliphatic rings. The zero-order valence-electron chi connectivity index (χ0n) is 25.7. The van der Waals surface area contributed by atoms with Gasteiger partial charge in [0.15, 0.2) is 0 Å². The van der Waals surface area contributed by atoms with E-state index in [9.17, 15) is 0 Å². The van der Waals surface area contributed by atoms with Crippen molar-refractivity contribution in [1.29, 1.82) is 0 Å². The van der Waals surface area contributed by atoms with E-state index in [4.69, 9.17) is 4.42 Å². The molecule has 3 heteroatoms. The smallest absolute Gasteiger partial charge is 0.135 e. The highest BCUT2D eigenvalue weighted by Gasteiger charge is 2.22. The van der Waals surface area contributed by atoms with Crippen LogP contribution < -0.4 is 4.90 Å². The fraction of sp³-hybridized carbons (Fsp3) is 0.0455. The molecule has 3 heterocycles. The van der Waals surface area contributed by atoms with Gasteiger partial charge in [-0.1, -0.05) is 97.1 Å². The van der Waals surface area contributed by atoms with Crippen LogP contribution in [0.5, 0.6) is 0 Å². The Balaban J connectivity index is 1.19. The van der Waals surface area contributed by atoms with Gasteiger partial charge < -0.3 is 13.9 Å². The quantitative estimate of drug-likeness (QED) is 0.201. The highest BCUT2D eigenvalue weighted by molar-refractivity contribution is 6.09. The largest absolute Gasteiger partial charge is 0.456 e. The highest BCUT2D eigenvalue weighted by Crippen LogP contribution is 2.41. The number of anilines is 1. The lowest BCUT2D eigenvalue weighted by atomic mass is 9.92. The van der Waals surface area contributed by atoms with Crippen molar-refractivity contribution in [3.63, 3.8) is 0 Å². The van der Waals surface area contributed by atoms with Gasteiger partial charge in [0.25, 0.3) is 0 Å². The van der Waals surface area contributed by atoms with E-state index in [2.05, 4.69) is 155 Å². The first-order valence-electron chi connectivity index (χ1n) is 16.2. The van der Waals surface area contributed by atoms with Crippen LogP contribution in [0.1, 0.15) is 11.1 Å². The van der Waals surface area contributed by atoms with Gasteiger partial charge in [-0.05, 0) is 94.0 Å². The van der Waals surface area contributed by atoms with Crippen LogP contribution in [0.3, 0.4) is 0 Å². The molecule has 10 rings (SSSR count). The minimum Gasteiger partial charge on any atom is -0.456 e. The molecular formula is C44H30N2O. The van der Waals surface area contributed by atoms with E-state index in [0.717, 1.165) is 35.0 Å². The summed E-state index contributed by atoms with van der Waals surface area (Å²) in [6.45, 7) is 1.67. The van der Waals surface area contributed by atoms with E-state index in [1.54, 1.807) is 0 Å². The van der Waals surface area contributed by atoms with Crippen LogP contribution in [-0.2, 0) is 13.1 Å². The molecule has 0 saturated heterocycles. The fourth-order valence-corrected chi connectivity index (χ4v) is 7.63. The van der Waals surface area contributed by atoms with E-state index < -0.39 is 0 Å². The Morgan fingerprint density at radius 3 is 1.74 bits per heavy atom. The molecule has 0 unspecified atom stereocenters. The summed E-state index contributed by atoms with van der Waals surface area (Å²) < 4.78 is 8.58. The molecule has 0 saturated carbocycles. The normalized spacial score (nSPS) is 12.9. The third-order valence-corrected chi connectivity index (χ3v) is 9.89. The van der Waals surface area contributed by atoms with Gasteiger partial charge in [-0.25, -0.2) is 0 Å². The summed E-state index contributed by atoms with van der Waals surface area (Å²) in [6, 6.07) is 57.2. The molecule has 0 spiro atoms. The molecule has 1 aliphatic heterocycles. The van der Waals surface area contributed by atoms with Crippen LogP contribution in [0, 0.1) is 0 Å². The number of furan rings is 1. The van der Waals surface area contributed by atoms with Crippen LogP contribution in [0.25, 0.3) is 71.7 Å². The molecule has 0 N–H and O–H groups in total. The fourth-order valence-electron chi connectivity index (χ4n) is 7.63. The van der Waals surface area contributed by atoms with Gasteiger partial charge >= 0.3 is 0 Å². The van der Waals surface area contributed by atoms with E-state index in [1.165, 1.54) is 66.6 Å². The summed E-state index contributed by atoms with van der Waals surface area (Å²) in [4.78, 5) is 2.49. The third-order valence-electron chi connectivity index (χ3n) is 9.89. The minimum atomic E-state index is 0.837. The van der Waals surface area contributed by atoms with E-state index >= 15 is 0 Å². The second kappa shape index (κ2) is 10.2. The second-order valence-electron chi connectivity index (χ2n) is 12.6. The van der Waals surface area contributed by atoms with E-state index in [0.29, 0.717) is 0 Å². The zero-order valence-corrected chi connectivity index (χ0v) is 25.7. The molecule has 0 atom stereocenters. The molecule has 9 aromatic rings. The zero-order chi connectivity index (χ0) is 30.9. The molecule has 0 aliphatic carbocycles. The van der Waals surface area contributed by atoms with Gasteiger partial charge in [-0.2, -0.15) is 0 Å². The Morgan fingerprint density at radius 1 is 0.404 bits per heavy atom. The number of aromatic nitrogens is 1. The number of rotatable bonds is 3. The Labute approximate surface area is 272 Å². The van der Waals surface area contributed by atoms with Gasteiger partial charge in [0, 0.05) is 46.0 Å². The molecule has 0 radical (unpaired) electrons. The van der Waals surface area contributed by atoms with Gasteiger partial charge in [0.2, 0.25) is 0 Å². The number of hydrogen-bond donors (Lipinski definition) is 0. The number of benzene rings is 7. The Hall–Kier alpha value is -6.06. The van der Waals surface area contributed by atoms with Crippen molar-refractivity contribution in [2.75, 3.05) is 4.90 Å². The third kappa shape index (κ3) is 4.13. The standard InChI is InChI=1S/C44H30N2O/c1-2-10-33(11-3-1)45-27-31-19-18-29(30-21-23-44-40(25-30)37-14-6-9-17-43(37)47-44)24-38(31)39-26-34(22-20-32(39)28-45)46-41-15-7-4-12-35(41)36-13-5-8-16-42(36)46/h1-26H,27-28H2. The Morgan fingerprint density at radius 2 is 0.979 bits per heavy atom. The summed E-state index contributed by atoms with van der Waals surface area (Å²) in [5.74, 6) is 0. The van der Waals surface area contributed by atoms with Crippen molar-refractivity contribution < 1.29 is 4.42 Å². The van der Waals surface area contributed by atoms with E-state index in [1.807, 2.05) is 12.1 Å². The Bertz CT molecular complexity index is 2590. The van der Waals surface area contributed by atoms with Crippen molar-refractivity contribution in [3.8, 4) is 27.9 Å². The van der Waals surface area contributed by atoms with Crippen LogP contribution in [-0.4, -0.2) is 4.57 Å². The van der Waals surface area contributed by atoms with Gasteiger partial charge in [0.05, 0.1) is 11.0 Å². The number of fused-ring (bicyclic) bond motifs is 9. The number of para-hydroxylation sites is 4. The lowest BCUT2D eigenvalue weighted by Crippen LogP contribution is -2.20. The minimum absolute atomic E-state index is 0.837. The predicted molar refractivity (Wildman–Crippen MR) is 195 cm³/mol. The number of hydrogen-bond acceptors (Lipinski definition) is 2. The summed E-state index contributed by atoms with van der Waals surface area (Å²) in [5.41, 5.74) is 14.3. The van der Waals surface area contributed by atoms with Crippen molar-refractivity contribution in [2.24, 2.45) is 0 Å². The molecule has 222 valence electrons. The maximum absolute atomic E-state index is 6.15. The molecule has 0 bridgehead atoms. The van der Waals surface area contributed by atoms with Gasteiger partial charge in [0.1, 0.15) is 11.2 Å². The van der Waals surface area contributed by atoms with E-state index in [-0.39, 0.29) is 0 Å². The average molecular weight is 603 g/mol. The number of nitrogens with zero attached hydrogens (tertiary/aromatic N) is 2. The van der Waals surface area contributed by atoms with Crippen molar-refractivity contribution in [1.82, 2.24) is 4.57 Å². The van der Waals surface area contributed by atoms with Crippen LogP contribution in [0.4, 0.5) is 5.69 Å². The summed E-state index contributed by atoms with van der Waals surface area (Å²) >= 11 is 0. The monoisotopic (exact) mass is 602 g/mol. The average Bonchev–Trinajstić information content (AvgIpc) is 3.62. The van der Waals surface area contributed by atoms with Crippen molar-refractivity contribution in [2.45, 2.75) is 13.1 Å². The lowest BCUT2D eigenvalue weighted by Gasteiger charge is -2.24. The maximum atomic E-state index is 6.15. The lowest BCUT2D eigenvalue weighted by molar-refractivity contribution is 0.669. The molecule has 3 nitrogen and oxygen atoms in total. The SMILES string of the molecule is c1ccc(N2Cc3ccc(-c4ccc5oc6ccccc6c5c4)cc3-c3cc(-n4c5ccccc5c5ccccc54)ccc3C2)cc1. The first kappa shape index (κ1) is 26.2. The summed E-state index contributed by atoms with van der Waals surface area (Å²) in [7, 11) is 0. The van der Waals surface area contributed by atoms with Crippen LogP contribution in [0.15, 0.2) is 162 Å². The highest BCUT2D eigenvalue weighted by atomic mass is 16.3. The van der Waals surface area contributed by atoms with Crippen LogP contribution in [0.2, 0.25) is 0 Å². The molecule has 47 heavy (non-hydrogen) atoms. The van der Waals surface area contributed by atoms with Gasteiger partial charge in [-0.15, -0.1) is 0 Å². The first-order chi connectivity index (χ1) is 23.3. The van der Waals surface area contributed by atoms with Crippen molar-refractivity contribution in [3.05, 3.63) is 169 Å². The summed E-state index contributed by atoms with van der Waals surface area (Å²) in [5, 5.41) is 4.85. The first-order valence-corrected chi connectivity index (χ1v) is 16.2. The molecule has 0 fully saturated rings. The molecule has 2 aromatic heterocycles. The second-order valence-corrected chi connectivity index (χ2v) is 12.6.